The maximum atomic E-state index is 12.5. The van der Waals surface area contributed by atoms with Crippen LogP contribution in [0.2, 0.25) is 6.82 Å². The van der Waals surface area contributed by atoms with Gasteiger partial charge in [0, 0.05) is 0 Å². The minimum absolute atomic E-state index is 0.0216. The Kier molecular flexibility index (Phi) is 4.11. The molecule has 2 aromatic carbocycles. The molecule has 0 bridgehead atoms. The molecule has 1 aliphatic heterocycles. The van der Waals surface area contributed by atoms with E-state index in [0.717, 1.165) is 17.4 Å². The lowest BCUT2D eigenvalue weighted by Crippen LogP contribution is -2.24. The van der Waals surface area contributed by atoms with Gasteiger partial charge in [-0.05, 0) is 35.1 Å². The summed E-state index contributed by atoms with van der Waals surface area (Å²) in [6, 6.07) is 14.5. The molecule has 0 saturated heterocycles. The fourth-order valence-electron chi connectivity index (χ4n) is 3.00. The van der Waals surface area contributed by atoms with Gasteiger partial charge in [0.15, 0.2) is 9.84 Å². The summed E-state index contributed by atoms with van der Waals surface area (Å²) in [6.45, 7) is 4.14. The normalized spacial score (nSPS) is 17.5. The molecule has 0 amide bonds. The van der Waals surface area contributed by atoms with Crippen LogP contribution < -0.4 is 5.46 Å². The molecule has 0 aliphatic carbocycles. The van der Waals surface area contributed by atoms with Crippen molar-refractivity contribution in [3.05, 3.63) is 59.7 Å². The molecule has 0 saturated carbocycles. The second-order valence-electron chi connectivity index (χ2n) is 5.71. The zero-order valence-corrected chi connectivity index (χ0v) is 13.6. The van der Waals surface area contributed by atoms with Crippen LogP contribution in [0.4, 0.5) is 0 Å². The second-order valence-corrected chi connectivity index (χ2v) is 7.70. The number of benzene rings is 2. The molecule has 2 aromatic rings. The first-order valence-corrected chi connectivity index (χ1v) is 9.22. The Morgan fingerprint density at radius 1 is 1.14 bits per heavy atom. The third-order valence-electron chi connectivity index (χ3n) is 4.13. The first-order valence-electron chi connectivity index (χ1n) is 7.57. The number of hydrogen-bond acceptors (Lipinski definition) is 3. The van der Waals surface area contributed by atoms with Crippen LogP contribution in [0.15, 0.2) is 53.4 Å². The Morgan fingerprint density at radius 2 is 1.86 bits per heavy atom. The van der Waals surface area contributed by atoms with Crippen LogP contribution in [-0.2, 0) is 20.2 Å². The summed E-state index contributed by atoms with van der Waals surface area (Å²) in [4.78, 5) is 0.367. The first kappa shape index (κ1) is 15.3. The Hall–Kier alpha value is -1.59. The van der Waals surface area contributed by atoms with Crippen LogP contribution in [0.5, 0.6) is 0 Å². The number of sulfone groups is 1. The minimum atomic E-state index is -3.31. The highest BCUT2D eigenvalue weighted by Gasteiger charge is 2.31. The number of fused-ring (bicyclic) bond motifs is 1. The Morgan fingerprint density at radius 3 is 2.55 bits per heavy atom. The Bertz CT molecular complexity index is 772. The summed E-state index contributed by atoms with van der Waals surface area (Å²) < 4.78 is 30.8. The van der Waals surface area contributed by atoms with E-state index in [-0.39, 0.29) is 18.8 Å². The van der Waals surface area contributed by atoms with Crippen molar-refractivity contribution in [1.29, 1.82) is 0 Å². The molecule has 0 fully saturated rings. The quantitative estimate of drug-likeness (QED) is 0.815. The molecular formula is C17H19BO3S. The lowest BCUT2D eigenvalue weighted by molar-refractivity contribution is 0.221. The smallest absolute Gasteiger partial charge is 0.324 e. The van der Waals surface area contributed by atoms with Crippen LogP contribution in [0.1, 0.15) is 30.6 Å². The minimum Gasteiger partial charge on any atom is -0.424 e. The van der Waals surface area contributed by atoms with Gasteiger partial charge >= 0.3 is 6.92 Å². The molecule has 3 nitrogen and oxygen atoms in total. The zero-order valence-electron chi connectivity index (χ0n) is 12.8. The monoisotopic (exact) mass is 314 g/mol. The second kappa shape index (κ2) is 5.90. The van der Waals surface area contributed by atoms with Gasteiger partial charge in [0.05, 0.1) is 16.8 Å². The van der Waals surface area contributed by atoms with E-state index in [2.05, 4.69) is 6.92 Å². The summed E-state index contributed by atoms with van der Waals surface area (Å²) in [5.41, 5.74) is 3.12. The van der Waals surface area contributed by atoms with Crippen molar-refractivity contribution in [2.75, 3.05) is 0 Å². The summed E-state index contributed by atoms with van der Waals surface area (Å²) in [7, 11) is -3.31. The Balaban J connectivity index is 1.90. The van der Waals surface area contributed by atoms with Crippen LogP contribution in [0.25, 0.3) is 0 Å². The van der Waals surface area contributed by atoms with Crippen molar-refractivity contribution in [1.82, 2.24) is 0 Å². The third-order valence-corrected chi connectivity index (χ3v) is 5.84. The molecule has 3 rings (SSSR count). The van der Waals surface area contributed by atoms with Crippen molar-refractivity contribution in [3.8, 4) is 0 Å². The van der Waals surface area contributed by atoms with Gasteiger partial charge in [0.1, 0.15) is 0 Å². The average Bonchev–Trinajstić information content (AvgIpc) is 2.84. The van der Waals surface area contributed by atoms with Crippen LogP contribution >= 0.6 is 0 Å². The van der Waals surface area contributed by atoms with E-state index >= 15 is 0 Å². The molecule has 0 radical (unpaired) electrons. The maximum Gasteiger partial charge on any atom is 0.324 e. The van der Waals surface area contributed by atoms with Gasteiger partial charge in [0.25, 0.3) is 0 Å². The molecule has 0 N–H and O–H groups in total. The fourth-order valence-corrected chi connectivity index (χ4v) is 4.36. The average molecular weight is 314 g/mol. The van der Waals surface area contributed by atoms with E-state index in [1.807, 2.05) is 31.1 Å². The summed E-state index contributed by atoms with van der Waals surface area (Å²) in [5, 5.41) is 0. The molecule has 1 unspecified atom stereocenters. The van der Waals surface area contributed by atoms with Crippen LogP contribution in [-0.4, -0.2) is 15.3 Å². The maximum absolute atomic E-state index is 12.5. The van der Waals surface area contributed by atoms with E-state index in [4.69, 9.17) is 4.65 Å². The molecule has 22 heavy (non-hydrogen) atoms. The molecule has 5 heteroatoms. The largest absolute Gasteiger partial charge is 0.424 e. The van der Waals surface area contributed by atoms with Gasteiger partial charge in [-0.15, -0.1) is 0 Å². The van der Waals surface area contributed by atoms with Gasteiger partial charge in [0.2, 0.25) is 0 Å². The molecule has 0 aromatic heterocycles. The molecule has 0 spiro atoms. The molecule has 1 aliphatic rings. The fraction of sp³-hybridized carbons (Fsp3) is 0.294. The van der Waals surface area contributed by atoms with Gasteiger partial charge in [-0.25, -0.2) is 8.42 Å². The van der Waals surface area contributed by atoms with Gasteiger partial charge in [-0.2, -0.15) is 0 Å². The van der Waals surface area contributed by atoms with E-state index in [9.17, 15) is 8.42 Å². The van der Waals surface area contributed by atoms with Crippen LogP contribution in [0, 0.1) is 0 Å². The predicted octanol–water partition coefficient (Wildman–Crippen LogP) is 2.97. The number of hydrogen-bond donors (Lipinski definition) is 0. The van der Waals surface area contributed by atoms with E-state index in [1.165, 1.54) is 5.56 Å². The van der Waals surface area contributed by atoms with Crippen molar-refractivity contribution >= 4 is 22.2 Å². The van der Waals surface area contributed by atoms with Crippen molar-refractivity contribution < 1.29 is 13.1 Å². The first-order chi connectivity index (χ1) is 10.5. The van der Waals surface area contributed by atoms with Crippen molar-refractivity contribution in [2.45, 2.75) is 36.9 Å². The highest BCUT2D eigenvalue weighted by atomic mass is 32.2. The SMILES string of the molecule is CCC1OB(C)c2cc(CS(=O)(=O)c3ccccc3)ccc21. The molecular weight excluding hydrogens is 295 g/mol. The van der Waals surface area contributed by atoms with E-state index in [1.54, 1.807) is 24.3 Å². The van der Waals surface area contributed by atoms with Crippen molar-refractivity contribution in [2.24, 2.45) is 0 Å². The lowest BCUT2D eigenvalue weighted by atomic mass is 9.64. The topological polar surface area (TPSA) is 43.4 Å². The highest BCUT2D eigenvalue weighted by molar-refractivity contribution is 7.90. The summed E-state index contributed by atoms with van der Waals surface area (Å²) in [5.74, 6) is 0.0216. The van der Waals surface area contributed by atoms with Crippen molar-refractivity contribution in [3.63, 3.8) is 0 Å². The summed E-state index contributed by atoms with van der Waals surface area (Å²) >= 11 is 0. The van der Waals surface area contributed by atoms with E-state index in [0.29, 0.717) is 4.90 Å². The summed E-state index contributed by atoms with van der Waals surface area (Å²) in [6.07, 6.45) is 1.06. The third kappa shape index (κ3) is 2.83. The van der Waals surface area contributed by atoms with Gasteiger partial charge in [-0.1, -0.05) is 50.1 Å². The van der Waals surface area contributed by atoms with Crippen LogP contribution in [0.3, 0.4) is 0 Å². The van der Waals surface area contributed by atoms with E-state index < -0.39 is 9.84 Å². The lowest BCUT2D eigenvalue weighted by Gasteiger charge is -2.10. The van der Waals surface area contributed by atoms with Gasteiger partial charge in [-0.3, -0.25) is 0 Å². The molecule has 1 heterocycles. The Labute approximate surface area is 132 Å². The highest BCUT2D eigenvalue weighted by Crippen LogP contribution is 2.28. The standard InChI is InChI=1S/C17H19BO3S/c1-3-17-15-10-9-13(11-16(15)18(2)21-17)12-22(19,20)14-7-5-4-6-8-14/h4-11,17H,3,12H2,1-2H3. The molecule has 114 valence electrons. The zero-order chi connectivity index (χ0) is 15.7. The van der Waals surface area contributed by atoms with Gasteiger partial charge < -0.3 is 4.65 Å². The number of rotatable bonds is 4. The predicted molar refractivity (Wildman–Crippen MR) is 89.1 cm³/mol. The molecule has 1 atom stereocenters.